The molecule has 0 saturated heterocycles. The fourth-order valence-corrected chi connectivity index (χ4v) is 2.74. The van der Waals surface area contributed by atoms with Crippen LogP contribution in [0.2, 0.25) is 0 Å². The van der Waals surface area contributed by atoms with Gasteiger partial charge in [-0.15, -0.1) is 0 Å². The Morgan fingerprint density at radius 2 is 1.80 bits per heavy atom. The molecule has 0 radical (unpaired) electrons. The summed E-state index contributed by atoms with van der Waals surface area (Å²) >= 11 is 1.76. The lowest BCUT2D eigenvalue weighted by Gasteiger charge is -2.27. The molecular weight excluding hydrogens is 276 g/mol. The van der Waals surface area contributed by atoms with Crippen LogP contribution in [0.1, 0.15) is 19.3 Å². The van der Waals surface area contributed by atoms with Gasteiger partial charge in [-0.25, -0.2) is 0 Å². The van der Waals surface area contributed by atoms with Gasteiger partial charge in [0.25, 0.3) is 0 Å². The zero-order chi connectivity index (χ0) is 11.3. The van der Waals surface area contributed by atoms with Crippen molar-refractivity contribution >= 4 is 15.9 Å². The Morgan fingerprint density at radius 1 is 1.13 bits per heavy atom. The molecule has 0 amide bonds. The summed E-state index contributed by atoms with van der Waals surface area (Å²) in [6, 6.07) is 0. The Bertz CT molecular complexity index is 282. The Morgan fingerprint density at radius 3 is 2.20 bits per heavy atom. The molecule has 1 fully saturated rings. The second kappa shape index (κ2) is 3.47. The van der Waals surface area contributed by atoms with E-state index in [1.807, 2.05) is 12.2 Å². The van der Waals surface area contributed by atoms with Gasteiger partial charge in [0.15, 0.2) is 0 Å². The Labute approximate surface area is 93.9 Å². The standard InChI is InChI=1S/C10H11BrF4/c11-10(14,15)9(12,13)5-8-4-6-1-2-7(8)3-6/h1-2,6-8H,3-5H2/t6-,7?,8?/m0/s1. The molecule has 15 heavy (non-hydrogen) atoms. The summed E-state index contributed by atoms with van der Waals surface area (Å²) in [5.74, 6) is -3.83. The van der Waals surface area contributed by atoms with Gasteiger partial charge >= 0.3 is 10.8 Å². The molecule has 0 N–H and O–H groups in total. The minimum atomic E-state index is -4.09. The van der Waals surface area contributed by atoms with E-state index in [1.54, 1.807) is 15.9 Å². The van der Waals surface area contributed by atoms with Crippen LogP contribution >= 0.6 is 15.9 Å². The Kier molecular flexibility index (Phi) is 2.64. The quantitative estimate of drug-likeness (QED) is 0.414. The molecule has 2 bridgehead atoms. The third-order valence-corrected chi connectivity index (χ3v) is 3.93. The molecule has 1 saturated carbocycles. The van der Waals surface area contributed by atoms with Crippen molar-refractivity contribution in [3.8, 4) is 0 Å². The van der Waals surface area contributed by atoms with Crippen LogP contribution in [0.3, 0.4) is 0 Å². The van der Waals surface area contributed by atoms with E-state index >= 15 is 0 Å². The highest BCUT2D eigenvalue weighted by Gasteiger charge is 2.56. The first-order valence-electron chi connectivity index (χ1n) is 4.92. The summed E-state index contributed by atoms with van der Waals surface area (Å²) in [5, 5.41) is 0. The van der Waals surface area contributed by atoms with Gasteiger partial charge in [-0.05, 0) is 46.5 Å². The van der Waals surface area contributed by atoms with Crippen LogP contribution in [-0.4, -0.2) is 10.8 Å². The van der Waals surface area contributed by atoms with Crippen molar-refractivity contribution in [2.45, 2.75) is 30.0 Å². The smallest absolute Gasteiger partial charge is 0.199 e. The van der Waals surface area contributed by atoms with E-state index < -0.39 is 17.2 Å². The first-order valence-corrected chi connectivity index (χ1v) is 5.72. The van der Waals surface area contributed by atoms with Crippen LogP contribution in [0.5, 0.6) is 0 Å². The molecule has 86 valence electrons. The number of hydrogen-bond acceptors (Lipinski definition) is 0. The SMILES string of the molecule is FC(F)(Br)C(F)(F)CC1C[C@H]2C=CC1C2. The van der Waals surface area contributed by atoms with Gasteiger partial charge in [-0.2, -0.15) is 17.6 Å². The van der Waals surface area contributed by atoms with Gasteiger partial charge in [0.05, 0.1) is 0 Å². The van der Waals surface area contributed by atoms with Crippen LogP contribution in [0, 0.1) is 17.8 Å². The summed E-state index contributed by atoms with van der Waals surface area (Å²) in [6.07, 6.45) is 4.65. The molecule has 0 aliphatic heterocycles. The van der Waals surface area contributed by atoms with Crippen molar-refractivity contribution in [2.24, 2.45) is 17.8 Å². The van der Waals surface area contributed by atoms with Crippen LogP contribution in [0.4, 0.5) is 17.6 Å². The maximum Gasteiger partial charge on any atom is 0.363 e. The second-order valence-corrected chi connectivity index (χ2v) is 5.44. The summed E-state index contributed by atoms with van der Waals surface area (Å²) in [4.78, 5) is -4.09. The Hall–Kier alpha value is -0.0600. The van der Waals surface area contributed by atoms with Crippen molar-refractivity contribution < 1.29 is 17.6 Å². The van der Waals surface area contributed by atoms with E-state index in [0.29, 0.717) is 12.3 Å². The maximum absolute atomic E-state index is 13.1. The molecule has 0 aromatic rings. The number of fused-ring (bicyclic) bond motifs is 2. The van der Waals surface area contributed by atoms with Gasteiger partial charge in [0.2, 0.25) is 0 Å². The van der Waals surface area contributed by atoms with Gasteiger partial charge in [0, 0.05) is 6.42 Å². The molecule has 2 unspecified atom stereocenters. The van der Waals surface area contributed by atoms with Crippen molar-refractivity contribution in [1.29, 1.82) is 0 Å². The first-order chi connectivity index (χ1) is 6.79. The fourth-order valence-electron chi connectivity index (χ4n) is 2.57. The van der Waals surface area contributed by atoms with Crippen LogP contribution in [0.25, 0.3) is 0 Å². The summed E-state index contributed by atoms with van der Waals surface area (Å²) in [7, 11) is 0. The molecule has 0 aromatic carbocycles. The number of alkyl halides is 5. The van der Waals surface area contributed by atoms with Crippen molar-refractivity contribution in [1.82, 2.24) is 0 Å². The average molecular weight is 287 g/mol. The van der Waals surface area contributed by atoms with Crippen molar-refractivity contribution in [3.05, 3.63) is 12.2 Å². The summed E-state index contributed by atoms with van der Waals surface area (Å²) in [5.41, 5.74) is 0. The number of hydrogen-bond donors (Lipinski definition) is 0. The first kappa shape index (κ1) is 11.4. The van der Waals surface area contributed by atoms with Crippen LogP contribution in [0.15, 0.2) is 12.2 Å². The summed E-state index contributed by atoms with van der Waals surface area (Å²) < 4.78 is 51.3. The van der Waals surface area contributed by atoms with E-state index in [1.165, 1.54) is 0 Å². The lowest BCUT2D eigenvalue weighted by Crippen LogP contribution is -2.37. The van der Waals surface area contributed by atoms with E-state index in [9.17, 15) is 17.6 Å². The summed E-state index contributed by atoms with van der Waals surface area (Å²) in [6.45, 7) is 0. The van der Waals surface area contributed by atoms with Gasteiger partial charge in [0.1, 0.15) is 0 Å². The van der Waals surface area contributed by atoms with E-state index in [4.69, 9.17) is 0 Å². The highest BCUT2D eigenvalue weighted by Crippen LogP contribution is 2.51. The second-order valence-electron chi connectivity index (χ2n) is 4.45. The van der Waals surface area contributed by atoms with Crippen molar-refractivity contribution in [3.63, 3.8) is 0 Å². The van der Waals surface area contributed by atoms with E-state index in [2.05, 4.69) is 0 Å². The molecule has 2 rings (SSSR count). The molecule has 0 nitrogen and oxygen atoms in total. The van der Waals surface area contributed by atoms with E-state index in [0.717, 1.165) is 6.42 Å². The number of halogens is 5. The van der Waals surface area contributed by atoms with Gasteiger partial charge in [-0.3, -0.25) is 0 Å². The van der Waals surface area contributed by atoms with Crippen molar-refractivity contribution in [2.75, 3.05) is 0 Å². The molecule has 0 heterocycles. The molecular formula is C10H11BrF4. The van der Waals surface area contributed by atoms with Gasteiger partial charge in [-0.1, -0.05) is 12.2 Å². The molecule has 2 aliphatic carbocycles. The highest BCUT2D eigenvalue weighted by atomic mass is 79.9. The monoisotopic (exact) mass is 286 g/mol. The molecule has 0 spiro atoms. The molecule has 0 aromatic heterocycles. The molecule has 2 aliphatic rings. The van der Waals surface area contributed by atoms with Gasteiger partial charge < -0.3 is 0 Å². The zero-order valence-corrected chi connectivity index (χ0v) is 9.48. The van der Waals surface area contributed by atoms with Crippen LogP contribution in [-0.2, 0) is 0 Å². The normalized spacial score (nSPS) is 35.1. The minimum absolute atomic E-state index is 0.0794. The number of rotatable bonds is 3. The fraction of sp³-hybridized carbons (Fsp3) is 0.800. The largest absolute Gasteiger partial charge is 0.363 e. The third-order valence-electron chi connectivity index (χ3n) is 3.35. The predicted octanol–water partition coefficient (Wildman–Crippen LogP) is 4.21. The number of allylic oxidation sites excluding steroid dienone is 2. The van der Waals surface area contributed by atoms with E-state index in [-0.39, 0.29) is 11.8 Å². The zero-order valence-electron chi connectivity index (χ0n) is 7.90. The topological polar surface area (TPSA) is 0 Å². The highest BCUT2D eigenvalue weighted by molar-refractivity contribution is 9.10. The van der Waals surface area contributed by atoms with Crippen LogP contribution < -0.4 is 0 Å². The third kappa shape index (κ3) is 2.08. The Balaban J connectivity index is 2.01. The lowest BCUT2D eigenvalue weighted by molar-refractivity contribution is -0.159. The average Bonchev–Trinajstić information content (AvgIpc) is 2.61. The molecule has 3 atom stereocenters. The molecule has 5 heteroatoms. The maximum atomic E-state index is 13.1. The lowest BCUT2D eigenvalue weighted by atomic mass is 9.88. The minimum Gasteiger partial charge on any atom is -0.199 e. The predicted molar refractivity (Wildman–Crippen MR) is 52.3 cm³/mol.